The van der Waals surface area contributed by atoms with Crippen molar-refractivity contribution in [1.29, 1.82) is 0 Å². The average molecular weight is 559 g/mol. The Morgan fingerprint density at radius 3 is 2.42 bits per heavy atom. The standard InChI is InChI=1S/C27H31FN4O4S2/c1-37(33,34)16-6-5-13-30-14-11-23(12-15-30)31-19-21(18-29-31)26-20-32(27-17-22(28)9-10-25(26)27)38(35,36)24-7-3-2-4-8-24/h2-4,7-10,17-20,23H,5-6,11-16H2,1H3. The van der Waals surface area contributed by atoms with Crippen molar-refractivity contribution >= 4 is 30.8 Å². The van der Waals surface area contributed by atoms with Crippen molar-refractivity contribution < 1.29 is 21.2 Å². The number of hydrogen-bond donors (Lipinski definition) is 0. The first-order valence-corrected chi connectivity index (χ1v) is 16.2. The molecule has 1 fully saturated rings. The van der Waals surface area contributed by atoms with Crippen LogP contribution in [0.15, 0.2) is 72.0 Å². The zero-order chi connectivity index (χ0) is 26.9. The summed E-state index contributed by atoms with van der Waals surface area (Å²) in [5.74, 6) is -0.277. The smallest absolute Gasteiger partial charge is 0.268 e. The molecule has 0 spiro atoms. The Morgan fingerprint density at radius 1 is 0.974 bits per heavy atom. The Labute approximate surface area is 222 Å². The maximum Gasteiger partial charge on any atom is 0.268 e. The van der Waals surface area contributed by atoms with E-state index in [4.69, 9.17) is 0 Å². The highest BCUT2D eigenvalue weighted by Gasteiger charge is 2.24. The van der Waals surface area contributed by atoms with E-state index < -0.39 is 25.7 Å². The summed E-state index contributed by atoms with van der Waals surface area (Å²) in [6.07, 6.45) is 9.87. The summed E-state index contributed by atoms with van der Waals surface area (Å²) < 4.78 is 66.7. The zero-order valence-corrected chi connectivity index (χ0v) is 22.8. The van der Waals surface area contributed by atoms with Gasteiger partial charge in [-0.05, 0) is 62.6 Å². The van der Waals surface area contributed by atoms with Crippen LogP contribution in [0.5, 0.6) is 0 Å². The van der Waals surface area contributed by atoms with Crippen molar-refractivity contribution in [2.24, 2.45) is 0 Å². The second kappa shape index (κ2) is 10.6. The monoisotopic (exact) mass is 558 g/mol. The van der Waals surface area contributed by atoms with E-state index in [1.165, 1.54) is 30.5 Å². The number of piperidine rings is 1. The van der Waals surface area contributed by atoms with Crippen LogP contribution in [0.25, 0.3) is 22.0 Å². The molecule has 38 heavy (non-hydrogen) atoms. The van der Waals surface area contributed by atoms with E-state index in [2.05, 4.69) is 10.00 Å². The molecule has 202 valence electrons. The van der Waals surface area contributed by atoms with Gasteiger partial charge in [-0.1, -0.05) is 18.2 Å². The molecule has 0 atom stereocenters. The molecular formula is C27H31FN4O4S2. The lowest BCUT2D eigenvalue weighted by molar-refractivity contribution is 0.178. The Kier molecular flexibility index (Phi) is 7.43. The predicted octanol–water partition coefficient (Wildman–Crippen LogP) is 4.34. The Hall–Kier alpha value is -3.02. The summed E-state index contributed by atoms with van der Waals surface area (Å²) in [6, 6.07) is 12.5. The number of nitrogens with zero attached hydrogens (tertiary/aromatic N) is 4. The molecule has 0 saturated carbocycles. The number of fused-ring (bicyclic) bond motifs is 1. The number of benzene rings is 2. The SMILES string of the molecule is CS(=O)(=O)CCCCN1CCC(n2cc(-c3cn(S(=O)(=O)c4ccccc4)c4cc(F)ccc34)cn2)CC1. The lowest BCUT2D eigenvalue weighted by atomic mass is 10.0. The van der Waals surface area contributed by atoms with Crippen LogP contribution in [0.3, 0.4) is 0 Å². The largest absolute Gasteiger partial charge is 0.303 e. The average Bonchev–Trinajstić information content (AvgIpc) is 3.52. The Bertz CT molecular complexity index is 1640. The van der Waals surface area contributed by atoms with Crippen molar-refractivity contribution in [3.05, 3.63) is 72.9 Å². The summed E-state index contributed by atoms with van der Waals surface area (Å²) in [4.78, 5) is 2.49. The number of likely N-dealkylation sites (tertiary alicyclic amines) is 1. The molecule has 2 aromatic heterocycles. The molecule has 2 aromatic carbocycles. The normalized spacial score (nSPS) is 15.8. The van der Waals surface area contributed by atoms with Gasteiger partial charge in [0.25, 0.3) is 10.0 Å². The fourth-order valence-corrected chi connectivity index (χ4v) is 7.20. The van der Waals surface area contributed by atoms with Gasteiger partial charge in [-0.25, -0.2) is 25.2 Å². The summed E-state index contributed by atoms with van der Waals surface area (Å²) in [5, 5.41) is 5.23. The number of unbranched alkanes of at least 4 members (excludes halogenated alkanes) is 1. The van der Waals surface area contributed by atoms with Crippen LogP contribution in [0, 0.1) is 5.82 Å². The van der Waals surface area contributed by atoms with E-state index in [-0.39, 0.29) is 22.2 Å². The molecule has 0 N–H and O–H groups in total. The molecule has 8 nitrogen and oxygen atoms in total. The predicted molar refractivity (Wildman–Crippen MR) is 146 cm³/mol. The van der Waals surface area contributed by atoms with Gasteiger partial charge in [0, 0.05) is 54.0 Å². The van der Waals surface area contributed by atoms with Crippen LogP contribution in [-0.2, 0) is 19.9 Å². The minimum absolute atomic E-state index is 0.131. The van der Waals surface area contributed by atoms with Crippen molar-refractivity contribution in [2.75, 3.05) is 31.6 Å². The first-order valence-electron chi connectivity index (χ1n) is 12.7. The molecule has 0 bridgehead atoms. The van der Waals surface area contributed by atoms with Crippen LogP contribution in [0.1, 0.15) is 31.7 Å². The van der Waals surface area contributed by atoms with Crippen LogP contribution >= 0.6 is 0 Å². The third-order valence-electron chi connectivity index (χ3n) is 7.12. The molecule has 11 heteroatoms. The van der Waals surface area contributed by atoms with E-state index in [9.17, 15) is 21.2 Å². The van der Waals surface area contributed by atoms with Gasteiger partial charge in [-0.15, -0.1) is 0 Å². The molecular weight excluding hydrogens is 527 g/mol. The number of rotatable bonds is 9. The zero-order valence-electron chi connectivity index (χ0n) is 21.2. The highest BCUT2D eigenvalue weighted by atomic mass is 32.2. The molecule has 0 unspecified atom stereocenters. The summed E-state index contributed by atoms with van der Waals surface area (Å²) in [7, 11) is -6.84. The minimum Gasteiger partial charge on any atom is -0.303 e. The topological polar surface area (TPSA) is 94.3 Å². The van der Waals surface area contributed by atoms with Gasteiger partial charge in [0.1, 0.15) is 15.7 Å². The second-order valence-electron chi connectivity index (χ2n) is 9.94. The van der Waals surface area contributed by atoms with Crippen LogP contribution in [0.2, 0.25) is 0 Å². The van der Waals surface area contributed by atoms with Gasteiger partial charge in [0.2, 0.25) is 0 Å². The molecule has 0 amide bonds. The van der Waals surface area contributed by atoms with E-state index in [1.54, 1.807) is 36.7 Å². The fraction of sp³-hybridized carbons (Fsp3) is 0.370. The van der Waals surface area contributed by atoms with Crippen molar-refractivity contribution in [3.63, 3.8) is 0 Å². The molecule has 0 radical (unpaired) electrons. The molecule has 0 aliphatic carbocycles. The van der Waals surface area contributed by atoms with Gasteiger partial charge >= 0.3 is 0 Å². The summed E-state index contributed by atoms with van der Waals surface area (Å²) in [5.41, 5.74) is 1.72. The Morgan fingerprint density at radius 2 is 1.71 bits per heavy atom. The van der Waals surface area contributed by atoms with Crippen LogP contribution in [-0.4, -0.2) is 67.1 Å². The van der Waals surface area contributed by atoms with Crippen molar-refractivity contribution in [3.8, 4) is 11.1 Å². The van der Waals surface area contributed by atoms with E-state index in [0.717, 1.165) is 48.4 Å². The highest BCUT2D eigenvalue weighted by Crippen LogP contribution is 2.34. The number of halogens is 1. The lowest BCUT2D eigenvalue weighted by Crippen LogP contribution is -2.35. The third kappa shape index (κ3) is 5.69. The van der Waals surface area contributed by atoms with Crippen molar-refractivity contribution in [2.45, 2.75) is 36.6 Å². The van der Waals surface area contributed by atoms with Gasteiger partial charge in [0.05, 0.1) is 22.7 Å². The van der Waals surface area contributed by atoms with E-state index in [0.29, 0.717) is 17.4 Å². The quantitative estimate of drug-likeness (QED) is 0.284. The van der Waals surface area contributed by atoms with Gasteiger partial charge in [-0.3, -0.25) is 4.68 Å². The van der Waals surface area contributed by atoms with Crippen molar-refractivity contribution in [1.82, 2.24) is 18.7 Å². The number of sulfone groups is 1. The first-order chi connectivity index (χ1) is 18.1. The molecule has 1 aliphatic rings. The Balaban J connectivity index is 1.34. The second-order valence-corrected chi connectivity index (χ2v) is 14.0. The van der Waals surface area contributed by atoms with Crippen LogP contribution in [0.4, 0.5) is 4.39 Å². The van der Waals surface area contributed by atoms with E-state index in [1.807, 2.05) is 10.9 Å². The molecule has 1 aliphatic heterocycles. The maximum atomic E-state index is 14.2. The maximum absolute atomic E-state index is 14.2. The van der Waals surface area contributed by atoms with Gasteiger partial charge in [-0.2, -0.15) is 5.10 Å². The third-order valence-corrected chi connectivity index (χ3v) is 9.84. The number of hydrogen-bond acceptors (Lipinski definition) is 6. The highest BCUT2D eigenvalue weighted by molar-refractivity contribution is 7.90. The summed E-state index contributed by atoms with van der Waals surface area (Å²) in [6.45, 7) is 2.71. The molecule has 1 saturated heterocycles. The van der Waals surface area contributed by atoms with Gasteiger partial charge < -0.3 is 4.90 Å². The molecule has 3 heterocycles. The lowest BCUT2D eigenvalue weighted by Gasteiger charge is -2.32. The fourth-order valence-electron chi connectivity index (χ4n) is 5.09. The molecule has 5 rings (SSSR count). The van der Waals surface area contributed by atoms with Crippen LogP contribution < -0.4 is 0 Å². The summed E-state index contributed by atoms with van der Waals surface area (Å²) >= 11 is 0. The molecule has 4 aromatic rings. The van der Waals surface area contributed by atoms with E-state index >= 15 is 0 Å². The first kappa shape index (κ1) is 26.6. The number of aromatic nitrogens is 3. The minimum atomic E-state index is -3.92. The van der Waals surface area contributed by atoms with Gasteiger partial charge in [0.15, 0.2) is 0 Å².